The van der Waals surface area contributed by atoms with Crippen molar-refractivity contribution in [3.05, 3.63) is 29.3 Å². The van der Waals surface area contributed by atoms with Gasteiger partial charge in [0.25, 0.3) is 0 Å². The number of benzene rings is 1. The summed E-state index contributed by atoms with van der Waals surface area (Å²) >= 11 is 0. The fourth-order valence-corrected chi connectivity index (χ4v) is 2.17. The highest BCUT2D eigenvalue weighted by atomic mass is 19.4. The van der Waals surface area contributed by atoms with E-state index in [0.717, 1.165) is 6.07 Å². The van der Waals surface area contributed by atoms with Gasteiger partial charge in [-0.05, 0) is 31.0 Å². The number of aryl methyl sites for hydroxylation is 1. The minimum Gasteiger partial charge on any atom is -0.467 e. The molecule has 1 fully saturated rings. The van der Waals surface area contributed by atoms with E-state index < -0.39 is 23.8 Å². The Morgan fingerprint density at radius 2 is 2.11 bits per heavy atom. The lowest BCUT2D eigenvalue weighted by Gasteiger charge is -2.41. The zero-order valence-electron chi connectivity index (χ0n) is 10.6. The van der Waals surface area contributed by atoms with Crippen LogP contribution in [0.4, 0.5) is 18.9 Å². The molecule has 0 aliphatic carbocycles. The molecule has 104 valence electrons. The molecule has 1 heterocycles. The van der Waals surface area contributed by atoms with Crippen LogP contribution in [0.15, 0.2) is 18.2 Å². The van der Waals surface area contributed by atoms with Gasteiger partial charge in [-0.3, -0.25) is 0 Å². The van der Waals surface area contributed by atoms with E-state index in [1.807, 2.05) is 0 Å². The van der Waals surface area contributed by atoms with Crippen LogP contribution in [-0.4, -0.2) is 25.7 Å². The highest BCUT2D eigenvalue weighted by Crippen LogP contribution is 2.36. The van der Waals surface area contributed by atoms with E-state index >= 15 is 0 Å². The van der Waals surface area contributed by atoms with Gasteiger partial charge in [-0.2, -0.15) is 13.2 Å². The summed E-state index contributed by atoms with van der Waals surface area (Å²) in [5.74, 6) is -0.416. The van der Waals surface area contributed by atoms with Crippen LogP contribution < -0.4 is 4.90 Å². The number of anilines is 1. The maximum Gasteiger partial charge on any atom is 0.416 e. The monoisotopic (exact) mass is 273 g/mol. The van der Waals surface area contributed by atoms with Gasteiger partial charge in [0.2, 0.25) is 0 Å². The predicted molar refractivity (Wildman–Crippen MR) is 63.9 cm³/mol. The SMILES string of the molecule is COC(=O)C1CCN1c1ccc(C)c(C(F)(F)F)c1. The molecule has 1 unspecified atom stereocenters. The van der Waals surface area contributed by atoms with Gasteiger partial charge in [-0.15, -0.1) is 0 Å². The van der Waals surface area contributed by atoms with Gasteiger partial charge >= 0.3 is 12.1 Å². The van der Waals surface area contributed by atoms with E-state index in [1.165, 1.54) is 20.1 Å². The lowest BCUT2D eigenvalue weighted by atomic mass is 9.99. The smallest absolute Gasteiger partial charge is 0.416 e. The van der Waals surface area contributed by atoms with Crippen LogP contribution >= 0.6 is 0 Å². The first-order valence-electron chi connectivity index (χ1n) is 5.87. The zero-order chi connectivity index (χ0) is 14.2. The van der Waals surface area contributed by atoms with Crippen LogP contribution in [0, 0.1) is 6.92 Å². The van der Waals surface area contributed by atoms with E-state index in [-0.39, 0.29) is 5.56 Å². The van der Waals surface area contributed by atoms with Crippen LogP contribution in [0.5, 0.6) is 0 Å². The Morgan fingerprint density at radius 3 is 2.58 bits per heavy atom. The molecule has 1 atom stereocenters. The molecule has 2 rings (SSSR count). The first-order chi connectivity index (χ1) is 8.84. The van der Waals surface area contributed by atoms with Crippen LogP contribution in [0.3, 0.4) is 0 Å². The predicted octanol–water partition coefficient (Wildman–Crippen LogP) is 2.77. The molecule has 0 bridgehead atoms. The second kappa shape index (κ2) is 4.75. The van der Waals surface area contributed by atoms with Crippen molar-refractivity contribution in [3.8, 4) is 0 Å². The Hall–Kier alpha value is -1.72. The summed E-state index contributed by atoms with van der Waals surface area (Å²) in [4.78, 5) is 13.1. The number of hydrogen-bond acceptors (Lipinski definition) is 3. The Kier molecular flexibility index (Phi) is 3.43. The molecule has 1 aliphatic rings. The van der Waals surface area contributed by atoms with Crippen molar-refractivity contribution in [2.24, 2.45) is 0 Å². The molecular formula is C13H14F3NO2. The van der Waals surface area contributed by atoms with Gasteiger partial charge in [0, 0.05) is 12.2 Å². The summed E-state index contributed by atoms with van der Waals surface area (Å²) in [5.41, 5.74) is -0.0912. The molecular weight excluding hydrogens is 259 g/mol. The van der Waals surface area contributed by atoms with Crippen LogP contribution in [-0.2, 0) is 15.7 Å². The van der Waals surface area contributed by atoms with Crippen LogP contribution in [0.2, 0.25) is 0 Å². The zero-order valence-corrected chi connectivity index (χ0v) is 10.6. The van der Waals surface area contributed by atoms with Gasteiger partial charge in [0.15, 0.2) is 0 Å². The van der Waals surface area contributed by atoms with Crippen molar-refractivity contribution < 1.29 is 22.7 Å². The Morgan fingerprint density at radius 1 is 1.42 bits per heavy atom. The highest BCUT2D eigenvalue weighted by molar-refractivity contribution is 5.82. The third kappa shape index (κ3) is 2.52. The third-order valence-corrected chi connectivity index (χ3v) is 3.35. The minimum atomic E-state index is -4.38. The molecule has 0 aromatic heterocycles. The standard InChI is InChI=1S/C13H14F3NO2/c1-8-3-4-9(7-10(8)13(14,15)16)17-6-5-11(17)12(18)19-2/h3-4,7,11H,5-6H2,1-2H3. The van der Waals surface area contributed by atoms with E-state index in [0.29, 0.717) is 18.7 Å². The van der Waals surface area contributed by atoms with Gasteiger partial charge in [0.1, 0.15) is 6.04 Å². The maximum atomic E-state index is 12.8. The Balaban J connectivity index is 2.30. The van der Waals surface area contributed by atoms with Crippen LogP contribution in [0.1, 0.15) is 17.5 Å². The summed E-state index contributed by atoms with van der Waals surface area (Å²) < 4.78 is 43.1. The fourth-order valence-electron chi connectivity index (χ4n) is 2.17. The average Bonchev–Trinajstić information content (AvgIpc) is 2.28. The molecule has 0 amide bonds. The molecule has 0 spiro atoms. The van der Waals surface area contributed by atoms with Gasteiger partial charge in [0.05, 0.1) is 12.7 Å². The van der Waals surface area contributed by atoms with Gasteiger partial charge in [-0.25, -0.2) is 4.79 Å². The van der Waals surface area contributed by atoms with Crippen molar-refractivity contribution in [2.75, 3.05) is 18.6 Å². The molecule has 6 heteroatoms. The number of carbonyl (C=O) groups is 1. The number of nitrogens with zero attached hydrogens (tertiary/aromatic N) is 1. The first-order valence-corrected chi connectivity index (χ1v) is 5.87. The second-order valence-electron chi connectivity index (χ2n) is 4.52. The molecule has 1 aromatic rings. The summed E-state index contributed by atoms with van der Waals surface area (Å²) in [5, 5.41) is 0. The van der Waals surface area contributed by atoms with Crippen molar-refractivity contribution in [1.29, 1.82) is 0 Å². The molecule has 19 heavy (non-hydrogen) atoms. The number of methoxy groups -OCH3 is 1. The minimum absolute atomic E-state index is 0.173. The summed E-state index contributed by atoms with van der Waals surface area (Å²) in [6.45, 7) is 1.97. The quantitative estimate of drug-likeness (QED) is 0.776. The normalized spacial score (nSPS) is 19.0. The summed E-state index contributed by atoms with van der Waals surface area (Å²) in [6.07, 6.45) is -3.78. The molecule has 0 radical (unpaired) electrons. The molecule has 1 aromatic carbocycles. The number of rotatable bonds is 2. The van der Waals surface area contributed by atoms with Crippen molar-refractivity contribution in [3.63, 3.8) is 0 Å². The van der Waals surface area contributed by atoms with Crippen molar-refractivity contribution >= 4 is 11.7 Å². The van der Waals surface area contributed by atoms with Crippen LogP contribution in [0.25, 0.3) is 0 Å². The van der Waals surface area contributed by atoms with E-state index in [9.17, 15) is 18.0 Å². The number of carbonyl (C=O) groups excluding carboxylic acids is 1. The number of ether oxygens (including phenoxy) is 1. The van der Waals surface area contributed by atoms with E-state index in [1.54, 1.807) is 11.0 Å². The van der Waals surface area contributed by atoms with Gasteiger partial charge in [-0.1, -0.05) is 6.07 Å². The second-order valence-corrected chi connectivity index (χ2v) is 4.52. The number of halogens is 3. The number of hydrogen-bond donors (Lipinski definition) is 0. The molecule has 1 aliphatic heterocycles. The largest absolute Gasteiger partial charge is 0.467 e. The molecule has 3 nitrogen and oxygen atoms in total. The molecule has 1 saturated heterocycles. The number of esters is 1. The van der Waals surface area contributed by atoms with Gasteiger partial charge < -0.3 is 9.64 Å². The molecule has 0 saturated carbocycles. The summed E-state index contributed by atoms with van der Waals surface area (Å²) in [7, 11) is 1.27. The van der Waals surface area contributed by atoms with Crippen molar-refractivity contribution in [1.82, 2.24) is 0 Å². The fraction of sp³-hybridized carbons (Fsp3) is 0.462. The third-order valence-electron chi connectivity index (χ3n) is 3.35. The lowest BCUT2D eigenvalue weighted by Crippen LogP contribution is -2.53. The Bertz CT molecular complexity index is 499. The van der Waals surface area contributed by atoms with E-state index in [2.05, 4.69) is 4.74 Å². The lowest BCUT2D eigenvalue weighted by molar-refractivity contribution is -0.143. The number of alkyl halides is 3. The first kappa shape index (κ1) is 13.7. The average molecular weight is 273 g/mol. The Labute approximate surface area is 109 Å². The topological polar surface area (TPSA) is 29.5 Å². The maximum absolute atomic E-state index is 12.8. The van der Waals surface area contributed by atoms with Crippen molar-refractivity contribution in [2.45, 2.75) is 25.6 Å². The highest BCUT2D eigenvalue weighted by Gasteiger charge is 2.37. The van der Waals surface area contributed by atoms with E-state index in [4.69, 9.17) is 0 Å². The summed E-state index contributed by atoms with van der Waals surface area (Å²) in [6, 6.07) is 3.63. The molecule has 0 N–H and O–H groups in total.